The van der Waals surface area contributed by atoms with Crippen molar-refractivity contribution in [3.8, 4) is 17.2 Å². The molecule has 120 valence electrons. The van der Waals surface area contributed by atoms with Crippen LogP contribution in [0, 0.1) is 17.2 Å². The van der Waals surface area contributed by atoms with E-state index in [1.807, 2.05) is 0 Å². The first kappa shape index (κ1) is 14.2. The second-order valence-corrected chi connectivity index (χ2v) is 5.73. The Morgan fingerprint density at radius 1 is 1.46 bits per heavy atom. The van der Waals surface area contributed by atoms with Crippen LogP contribution < -0.4 is 11.0 Å². The number of hydrogen-bond donors (Lipinski definition) is 3. The maximum Gasteiger partial charge on any atom is 0.343 e. The standard InChI is InChI=1S/C15H13N7O2/c16-5-11(8-1-2-8)19-15(24)22-7-9(6-18-22)10-3-4-17-13-12(10)20-14(23)21-13/h3-4,6-8,11H,1-2H2,(H,19,24)(H2,17,20,21,23). The highest BCUT2D eigenvalue weighted by Gasteiger charge is 2.32. The summed E-state index contributed by atoms with van der Waals surface area (Å²) >= 11 is 0. The van der Waals surface area contributed by atoms with Gasteiger partial charge in [-0.3, -0.25) is 4.98 Å². The predicted octanol–water partition coefficient (Wildman–Crippen LogP) is 0.975. The molecule has 3 heterocycles. The van der Waals surface area contributed by atoms with Gasteiger partial charge in [-0.2, -0.15) is 15.0 Å². The number of nitrogens with zero attached hydrogens (tertiary/aromatic N) is 4. The molecule has 0 bridgehead atoms. The highest BCUT2D eigenvalue weighted by atomic mass is 16.2. The molecule has 9 nitrogen and oxygen atoms in total. The molecule has 1 amide bonds. The fraction of sp³-hybridized carbons (Fsp3) is 0.267. The first-order valence-electron chi connectivity index (χ1n) is 7.48. The van der Waals surface area contributed by atoms with Crippen molar-refractivity contribution in [2.45, 2.75) is 18.9 Å². The summed E-state index contributed by atoms with van der Waals surface area (Å²) in [6.45, 7) is 0. The van der Waals surface area contributed by atoms with E-state index in [-0.39, 0.29) is 11.6 Å². The molecule has 1 aliphatic rings. The third-order valence-electron chi connectivity index (χ3n) is 4.03. The Hall–Kier alpha value is -3.41. The van der Waals surface area contributed by atoms with Crippen LogP contribution in [0.3, 0.4) is 0 Å². The van der Waals surface area contributed by atoms with E-state index in [0.29, 0.717) is 22.3 Å². The van der Waals surface area contributed by atoms with E-state index in [0.717, 1.165) is 17.5 Å². The Morgan fingerprint density at radius 2 is 2.29 bits per heavy atom. The average molecular weight is 323 g/mol. The molecule has 0 spiro atoms. The van der Waals surface area contributed by atoms with Gasteiger partial charge in [-0.1, -0.05) is 0 Å². The third kappa shape index (κ3) is 2.44. The monoisotopic (exact) mass is 323 g/mol. The number of hydrogen-bond acceptors (Lipinski definition) is 5. The minimum atomic E-state index is -0.487. The highest BCUT2D eigenvalue weighted by molar-refractivity contribution is 5.89. The number of aromatic nitrogens is 5. The lowest BCUT2D eigenvalue weighted by molar-refractivity contribution is 0.237. The summed E-state index contributed by atoms with van der Waals surface area (Å²) in [4.78, 5) is 33.0. The molecule has 3 aromatic heterocycles. The fourth-order valence-corrected chi connectivity index (χ4v) is 2.63. The number of nitrogens with one attached hydrogen (secondary N) is 3. The van der Waals surface area contributed by atoms with Crippen LogP contribution in [0.25, 0.3) is 22.3 Å². The van der Waals surface area contributed by atoms with E-state index in [4.69, 9.17) is 5.26 Å². The van der Waals surface area contributed by atoms with Gasteiger partial charge in [0.1, 0.15) is 6.04 Å². The summed E-state index contributed by atoms with van der Waals surface area (Å²) in [5.74, 6) is 0.235. The largest absolute Gasteiger partial charge is 0.343 e. The van der Waals surface area contributed by atoms with E-state index >= 15 is 0 Å². The van der Waals surface area contributed by atoms with E-state index in [1.165, 1.54) is 6.20 Å². The van der Waals surface area contributed by atoms with E-state index in [1.54, 1.807) is 18.5 Å². The molecule has 1 aliphatic carbocycles. The van der Waals surface area contributed by atoms with Gasteiger partial charge < -0.3 is 10.3 Å². The van der Waals surface area contributed by atoms with E-state index in [9.17, 15) is 9.59 Å². The predicted molar refractivity (Wildman–Crippen MR) is 84.0 cm³/mol. The lowest BCUT2D eigenvalue weighted by Gasteiger charge is -2.09. The van der Waals surface area contributed by atoms with Crippen LogP contribution in [0.2, 0.25) is 0 Å². The first-order valence-corrected chi connectivity index (χ1v) is 7.48. The number of aromatic amines is 2. The van der Waals surface area contributed by atoms with Gasteiger partial charge in [0.25, 0.3) is 0 Å². The summed E-state index contributed by atoms with van der Waals surface area (Å²) in [6, 6.07) is 2.90. The van der Waals surface area contributed by atoms with Crippen molar-refractivity contribution in [2.75, 3.05) is 0 Å². The number of carbonyl (C=O) groups is 1. The van der Waals surface area contributed by atoms with Crippen LogP contribution in [0.1, 0.15) is 12.8 Å². The molecule has 24 heavy (non-hydrogen) atoms. The number of pyridine rings is 1. The van der Waals surface area contributed by atoms with Crippen LogP contribution >= 0.6 is 0 Å². The second-order valence-electron chi connectivity index (χ2n) is 5.73. The lowest BCUT2D eigenvalue weighted by Crippen LogP contribution is -2.38. The van der Waals surface area contributed by atoms with Gasteiger partial charge in [0.15, 0.2) is 5.65 Å². The van der Waals surface area contributed by atoms with Crippen molar-refractivity contribution in [2.24, 2.45) is 5.92 Å². The van der Waals surface area contributed by atoms with Crippen molar-refractivity contribution in [1.82, 2.24) is 30.0 Å². The minimum absolute atomic E-state index is 0.235. The summed E-state index contributed by atoms with van der Waals surface area (Å²) < 4.78 is 1.15. The van der Waals surface area contributed by atoms with Crippen molar-refractivity contribution in [3.63, 3.8) is 0 Å². The molecule has 1 atom stereocenters. The summed E-state index contributed by atoms with van der Waals surface area (Å²) in [5, 5.41) is 15.8. The van der Waals surface area contributed by atoms with Gasteiger partial charge in [0.2, 0.25) is 0 Å². The second kappa shape index (κ2) is 5.34. The Kier molecular flexibility index (Phi) is 3.16. The van der Waals surface area contributed by atoms with Gasteiger partial charge in [0, 0.05) is 23.5 Å². The van der Waals surface area contributed by atoms with Gasteiger partial charge in [0.05, 0.1) is 17.8 Å². The van der Waals surface area contributed by atoms with Crippen molar-refractivity contribution >= 4 is 17.2 Å². The van der Waals surface area contributed by atoms with Crippen LogP contribution in [0.5, 0.6) is 0 Å². The molecule has 0 aromatic carbocycles. The molecule has 0 saturated heterocycles. The average Bonchev–Trinajstić information content (AvgIpc) is 3.16. The maximum atomic E-state index is 12.2. The molecular weight excluding hydrogens is 310 g/mol. The molecule has 3 N–H and O–H groups in total. The Morgan fingerprint density at radius 3 is 3.04 bits per heavy atom. The van der Waals surface area contributed by atoms with Crippen LogP contribution in [-0.2, 0) is 0 Å². The number of amides is 1. The topological polar surface area (TPSA) is 132 Å². The summed E-state index contributed by atoms with van der Waals surface area (Å²) in [7, 11) is 0. The fourth-order valence-electron chi connectivity index (χ4n) is 2.63. The molecule has 1 saturated carbocycles. The molecule has 1 fully saturated rings. The summed E-state index contributed by atoms with van der Waals surface area (Å²) in [5.41, 5.74) is 2.00. The Bertz CT molecular complexity index is 1020. The zero-order chi connectivity index (χ0) is 16.7. The molecule has 0 aliphatic heterocycles. The normalized spacial score (nSPS) is 15.1. The van der Waals surface area contributed by atoms with E-state index in [2.05, 4.69) is 31.4 Å². The smallest absolute Gasteiger partial charge is 0.320 e. The first-order chi connectivity index (χ1) is 11.7. The van der Waals surface area contributed by atoms with Gasteiger partial charge in [-0.25, -0.2) is 14.6 Å². The zero-order valence-corrected chi connectivity index (χ0v) is 12.5. The highest BCUT2D eigenvalue weighted by Crippen LogP contribution is 2.32. The van der Waals surface area contributed by atoms with E-state index < -0.39 is 12.1 Å². The molecule has 3 aromatic rings. The zero-order valence-electron chi connectivity index (χ0n) is 12.5. The SMILES string of the molecule is N#CC(NC(=O)n1cc(-c2ccnc3[nH]c(=O)[nH]c23)cn1)C1CC1. The Labute approximate surface area is 135 Å². The van der Waals surface area contributed by atoms with Crippen LogP contribution in [-0.4, -0.2) is 36.8 Å². The van der Waals surface area contributed by atoms with Gasteiger partial charge >= 0.3 is 11.7 Å². The Balaban J connectivity index is 1.63. The van der Waals surface area contributed by atoms with Crippen molar-refractivity contribution in [3.05, 3.63) is 35.1 Å². The minimum Gasteiger partial charge on any atom is -0.320 e. The molecule has 9 heteroatoms. The quantitative estimate of drug-likeness (QED) is 0.661. The number of imidazole rings is 1. The molecule has 1 unspecified atom stereocenters. The maximum absolute atomic E-state index is 12.2. The number of nitriles is 1. The van der Waals surface area contributed by atoms with Crippen molar-refractivity contribution in [1.29, 1.82) is 5.26 Å². The summed E-state index contributed by atoms with van der Waals surface area (Å²) in [6.07, 6.45) is 6.56. The van der Waals surface area contributed by atoms with Gasteiger partial charge in [-0.05, 0) is 24.8 Å². The van der Waals surface area contributed by atoms with Crippen LogP contribution in [0.4, 0.5) is 4.79 Å². The third-order valence-corrected chi connectivity index (χ3v) is 4.03. The number of rotatable bonds is 3. The number of carbonyl (C=O) groups excluding carboxylic acids is 1. The molecule has 4 rings (SSSR count). The van der Waals surface area contributed by atoms with Crippen LogP contribution in [0.15, 0.2) is 29.5 Å². The lowest BCUT2D eigenvalue weighted by atomic mass is 10.1. The molecular formula is C15H13N7O2. The molecule has 0 radical (unpaired) electrons. The number of fused-ring (bicyclic) bond motifs is 1. The number of H-pyrrole nitrogens is 2. The van der Waals surface area contributed by atoms with Gasteiger partial charge in [-0.15, -0.1) is 0 Å². The van der Waals surface area contributed by atoms with Crippen molar-refractivity contribution < 1.29 is 4.79 Å².